The van der Waals surface area contributed by atoms with Gasteiger partial charge in [-0.1, -0.05) is 34.7 Å². The molecule has 3 aromatic rings. The molecular formula is C28H29BrN2O6. The minimum Gasteiger partial charge on any atom is -0.493 e. The van der Waals surface area contributed by atoms with E-state index < -0.39 is 6.04 Å². The highest BCUT2D eigenvalue weighted by Crippen LogP contribution is 2.41. The Labute approximate surface area is 223 Å². The van der Waals surface area contributed by atoms with E-state index in [9.17, 15) is 9.59 Å². The summed E-state index contributed by atoms with van der Waals surface area (Å²) in [5.74, 6) is 0.891. The number of halogens is 1. The van der Waals surface area contributed by atoms with Crippen molar-refractivity contribution < 1.29 is 23.4 Å². The SMILES string of the molecule is C=CCOc1ccc(C2c3c(oc4ccc(Br)cc4c3=O)C(=O)N2CCCN2CCOCC2)cc1OC. The first-order valence-electron chi connectivity index (χ1n) is 12.3. The second kappa shape index (κ2) is 11.1. The first-order chi connectivity index (χ1) is 18.0. The number of rotatable bonds is 9. The summed E-state index contributed by atoms with van der Waals surface area (Å²) in [6.45, 7) is 8.52. The predicted octanol–water partition coefficient (Wildman–Crippen LogP) is 4.40. The first kappa shape index (κ1) is 25.5. The third-order valence-corrected chi connectivity index (χ3v) is 7.26. The van der Waals surface area contributed by atoms with Gasteiger partial charge in [0.05, 0.1) is 37.3 Å². The van der Waals surface area contributed by atoms with Gasteiger partial charge in [0.2, 0.25) is 5.76 Å². The molecule has 1 saturated heterocycles. The lowest BCUT2D eigenvalue weighted by Crippen LogP contribution is -2.38. The summed E-state index contributed by atoms with van der Waals surface area (Å²) in [4.78, 5) is 31.5. The highest BCUT2D eigenvalue weighted by molar-refractivity contribution is 9.10. The van der Waals surface area contributed by atoms with E-state index in [-0.39, 0.29) is 17.1 Å². The van der Waals surface area contributed by atoms with Gasteiger partial charge in [-0.15, -0.1) is 0 Å². The quantitative estimate of drug-likeness (QED) is 0.354. The van der Waals surface area contributed by atoms with Crippen LogP contribution in [0.1, 0.15) is 34.1 Å². The molecule has 194 valence electrons. The molecule has 0 radical (unpaired) electrons. The maximum Gasteiger partial charge on any atom is 0.290 e. The Morgan fingerprint density at radius 3 is 2.68 bits per heavy atom. The number of amides is 1. The molecule has 2 aliphatic heterocycles. The molecule has 37 heavy (non-hydrogen) atoms. The minimum absolute atomic E-state index is 0.0992. The van der Waals surface area contributed by atoms with Crippen LogP contribution in [0.3, 0.4) is 0 Å². The Morgan fingerprint density at radius 1 is 1.11 bits per heavy atom. The third-order valence-electron chi connectivity index (χ3n) is 6.76. The van der Waals surface area contributed by atoms with E-state index >= 15 is 0 Å². The molecule has 2 aromatic carbocycles. The predicted molar refractivity (Wildman–Crippen MR) is 144 cm³/mol. The molecule has 0 saturated carbocycles. The summed E-state index contributed by atoms with van der Waals surface area (Å²) in [5, 5.41) is 0.430. The summed E-state index contributed by atoms with van der Waals surface area (Å²) < 4.78 is 23.6. The van der Waals surface area contributed by atoms with E-state index in [4.69, 9.17) is 18.6 Å². The molecule has 0 N–H and O–H groups in total. The molecule has 2 aliphatic rings. The van der Waals surface area contributed by atoms with Crippen LogP contribution in [-0.2, 0) is 4.74 Å². The van der Waals surface area contributed by atoms with Crippen molar-refractivity contribution in [1.82, 2.24) is 9.80 Å². The Balaban J connectivity index is 1.55. The number of fused-ring (bicyclic) bond motifs is 2. The minimum atomic E-state index is -0.603. The van der Waals surface area contributed by atoms with E-state index in [0.717, 1.165) is 49.3 Å². The van der Waals surface area contributed by atoms with Crippen LogP contribution in [-0.4, -0.2) is 68.8 Å². The third kappa shape index (κ3) is 5.03. The molecule has 8 nitrogen and oxygen atoms in total. The molecule has 3 heterocycles. The largest absolute Gasteiger partial charge is 0.493 e. The number of nitrogens with zero attached hydrogens (tertiary/aromatic N) is 2. The first-order valence-corrected chi connectivity index (χ1v) is 13.1. The fraction of sp³-hybridized carbons (Fsp3) is 0.357. The van der Waals surface area contributed by atoms with E-state index in [2.05, 4.69) is 27.4 Å². The lowest BCUT2D eigenvalue weighted by atomic mass is 9.98. The van der Waals surface area contributed by atoms with Crippen LogP contribution in [0.2, 0.25) is 0 Å². The van der Waals surface area contributed by atoms with Gasteiger partial charge in [-0.05, 0) is 42.3 Å². The number of hydrogen-bond acceptors (Lipinski definition) is 7. The molecule has 0 spiro atoms. The molecule has 1 fully saturated rings. The van der Waals surface area contributed by atoms with Crippen molar-refractivity contribution in [2.24, 2.45) is 0 Å². The van der Waals surface area contributed by atoms with Gasteiger partial charge in [0, 0.05) is 30.7 Å². The maximum absolute atomic E-state index is 13.8. The molecule has 9 heteroatoms. The fourth-order valence-electron chi connectivity index (χ4n) is 4.98. The second-order valence-electron chi connectivity index (χ2n) is 9.03. The topological polar surface area (TPSA) is 81.5 Å². The normalized spacial score (nSPS) is 17.7. The zero-order valence-corrected chi connectivity index (χ0v) is 22.3. The number of methoxy groups -OCH3 is 1. The van der Waals surface area contributed by atoms with Crippen molar-refractivity contribution in [3.05, 3.63) is 80.6 Å². The van der Waals surface area contributed by atoms with Crippen molar-refractivity contribution in [1.29, 1.82) is 0 Å². The van der Waals surface area contributed by atoms with Crippen molar-refractivity contribution in [3.63, 3.8) is 0 Å². The van der Waals surface area contributed by atoms with Gasteiger partial charge in [0.15, 0.2) is 16.9 Å². The van der Waals surface area contributed by atoms with Crippen LogP contribution in [0.4, 0.5) is 0 Å². The monoisotopic (exact) mass is 568 g/mol. The van der Waals surface area contributed by atoms with Gasteiger partial charge in [0.1, 0.15) is 12.2 Å². The number of ether oxygens (including phenoxy) is 3. The standard InChI is InChI=1S/C28H29BrN2O6/c1-3-13-36-22-7-5-18(16-23(22)34-2)25-24-26(32)20-17-19(29)6-8-21(20)37-27(24)28(33)31(25)10-4-9-30-11-14-35-15-12-30/h3,5-8,16-17,25H,1,4,9-15H2,2H3. The van der Waals surface area contributed by atoms with E-state index in [1.54, 1.807) is 42.4 Å². The van der Waals surface area contributed by atoms with Gasteiger partial charge in [-0.3, -0.25) is 14.5 Å². The lowest BCUT2D eigenvalue weighted by molar-refractivity contribution is 0.0353. The average Bonchev–Trinajstić information content (AvgIpc) is 3.20. The molecule has 5 rings (SSSR count). The van der Waals surface area contributed by atoms with Gasteiger partial charge < -0.3 is 23.5 Å². The summed E-state index contributed by atoms with van der Waals surface area (Å²) in [6.07, 6.45) is 2.41. The Morgan fingerprint density at radius 2 is 1.92 bits per heavy atom. The summed E-state index contributed by atoms with van der Waals surface area (Å²) >= 11 is 3.44. The summed E-state index contributed by atoms with van der Waals surface area (Å²) in [5.41, 5.74) is 1.28. The number of benzene rings is 2. The number of carbonyl (C=O) groups is 1. The van der Waals surface area contributed by atoms with Crippen LogP contribution in [0, 0.1) is 0 Å². The molecular weight excluding hydrogens is 540 g/mol. The van der Waals surface area contributed by atoms with Crippen LogP contribution >= 0.6 is 15.9 Å². The zero-order valence-electron chi connectivity index (χ0n) is 20.7. The summed E-state index contributed by atoms with van der Waals surface area (Å²) in [7, 11) is 1.56. The maximum atomic E-state index is 13.8. The van der Waals surface area contributed by atoms with Crippen molar-refractivity contribution in [2.75, 3.05) is 53.1 Å². The van der Waals surface area contributed by atoms with Gasteiger partial charge in [0.25, 0.3) is 5.91 Å². The number of carbonyl (C=O) groups excluding carboxylic acids is 1. The highest BCUT2D eigenvalue weighted by Gasteiger charge is 2.42. The van der Waals surface area contributed by atoms with Crippen LogP contribution in [0.25, 0.3) is 11.0 Å². The van der Waals surface area contributed by atoms with Crippen LogP contribution < -0.4 is 14.9 Å². The van der Waals surface area contributed by atoms with Gasteiger partial charge in [-0.2, -0.15) is 0 Å². The van der Waals surface area contributed by atoms with Gasteiger partial charge >= 0.3 is 0 Å². The number of morpholine rings is 1. The Kier molecular flexibility index (Phi) is 7.64. The lowest BCUT2D eigenvalue weighted by Gasteiger charge is -2.29. The van der Waals surface area contributed by atoms with E-state index in [1.807, 2.05) is 12.1 Å². The zero-order chi connectivity index (χ0) is 25.9. The van der Waals surface area contributed by atoms with Crippen molar-refractivity contribution in [2.45, 2.75) is 12.5 Å². The van der Waals surface area contributed by atoms with E-state index in [0.29, 0.717) is 41.2 Å². The molecule has 1 atom stereocenters. The van der Waals surface area contributed by atoms with Crippen molar-refractivity contribution >= 4 is 32.8 Å². The Hall–Kier alpha value is -3.14. The molecule has 0 aliphatic carbocycles. The smallest absolute Gasteiger partial charge is 0.290 e. The van der Waals surface area contributed by atoms with Gasteiger partial charge in [-0.25, -0.2) is 0 Å². The Bertz CT molecular complexity index is 1380. The molecule has 0 bridgehead atoms. The summed E-state index contributed by atoms with van der Waals surface area (Å²) in [6, 6.07) is 10.1. The van der Waals surface area contributed by atoms with Crippen LogP contribution in [0.15, 0.2) is 62.7 Å². The van der Waals surface area contributed by atoms with Crippen LogP contribution in [0.5, 0.6) is 11.5 Å². The van der Waals surface area contributed by atoms with E-state index in [1.165, 1.54) is 0 Å². The highest BCUT2D eigenvalue weighted by atomic mass is 79.9. The van der Waals surface area contributed by atoms with Crippen molar-refractivity contribution in [3.8, 4) is 11.5 Å². The molecule has 1 aromatic heterocycles. The average molecular weight is 569 g/mol. The fourth-order valence-corrected chi connectivity index (χ4v) is 5.34. The second-order valence-corrected chi connectivity index (χ2v) is 9.95. The molecule has 1 unspecified atom stereocenters. The molecule has 1 amide bonds. The number of hydrogen-bond donors (Lipinski definition) is 0.